The van der Waals surface area contributed by atoms with Crippen LogP contribution in [0, 0.1) is 0 Å². The molecule has 0 spiro atoms. The normalized spacial score (nSPS) is 17.8. The number of hydrogen-bond donors (Lipinski definition) is 2. The van der Waals surface area contributed by atoms with E-state index >= 15 is 0 Å². The summed E-state index contributed by atoms with van der Waals surface area (Å²) in [5.41, 5.74) is 10.6. The fraction of sp³-hybridized carbons (Fsp3) is 0.409. The van der Waals surface area contributed by atoms with Gasteiger partial charge in [0.25, 0.3) is 0 Å². The van der Waals surface area contributed by atoms with Crippen LogP contribution in [0.5, 0.6) is 11.5 Å². The standard InChI is InChI=1S/C13H14O3.C9H13NO/c14-12(15)7-9-2-1-8-3-4-11-10(13(8)9)5-6-16-11;1-7(10)8-5-3-4-6-9(8)11-2/h3-4,9H,1-2,5-7H2,(H,14,15);3-7H,10H2,1-2H3/t9-;7-/m01/s1. The van der Waals surface area contributed by atoms with Crippen molar-refractivity contribution in [3.63, 3.8) is 0 Å². The Bertz CT molecular complexity index is 816. The first kappa shape index (κ1) is 19.2. The number of rotatable bonds is 4. The number of ether oxygens (including phenoxy) is 2. The van der Waals surface area contributed by atoms with Gasteiger partial charge in [-0.2, -0.15) is 0 Å². The monoisotopic (exact) mass is 369 g/mol. The fourth-order valence-corrected chi connectivity index (χ4v) is 4.01. The van der Waals surface area contributed by atoms with Gasteiger partial charge in [0.2, 0.25) is 0 Å². The zero-order chi connectivity index (χ0) is 19.4. The first-order valence-electron chi connectivity index (χ1n) is 9.39. The van der Waals surface area contributed by atoms with Gasteiger partial charge in [0.1, 0.15) is 11.5 Å². The number of methoxy groups -OCH3 is 1. The highest BCUT2D eigenvalue weighted by molar-refractivity contribution is 5.69. The molecule has 0 unspecified atom stereocenters. The number of fused-ring (bicyclic) bond motifs is 3. The molecule has 2 aromatic rings. The minimum Gasteiger partial charge on any atom is -0.496 e. The zero-order valence-electron chi connectivity index (χ0n) is 15.9. The topological polar surface area (TPSA) is 81.8 Å². The van der Waals surface area contributed by atoms with Gasteiger partial charge in [-0.25, -0.2) is 0 Å². The van der Waals surface area contributed by atoms with Crippen LogP contribution in [0.4, 0.5) is 0 Å². The molecule has 2 aromatic carbocycles. The van der Waals surface area contributed by atoms with Crippen LogP contribution in [0.1, 0.15) is 54.0 Å². The van der Waals surface area contributed by atoms with E-state index in [0.717, 1.165) is 42.9 Å². The van der Waals surface area contributed by atoms with Crippen molar-refractivity contribution in [2.75, 3.05) is 13.7 Å². The van der Waals surface area contributed by atoms with E-state index < -0.39 is 5.97 Å². The van der Waals surface area contributed by atoms with Crippen LogP contribution in [0.25, 0.3) is 0 Å². The quantitative estimate of drug-likeness (QED) is 0.856. The third-order valence-electron chi connectivity index (χ3n) is 5.23. The van der Waals surface area contributed by atoms with Gasteiger partial charge >= 0.3 is 5.97 Å². The van der Waals surface area contributed by atoms with E-state index in [1.165, 1.54) is 16.7 Å². The van der Waals surface area contributed by atoms with E-state index in [-0.39, 0.29) is 18.4 Å². The highest BCUT2D eigenvalue weighted by Gasteiger charge is 2.30. The van der Waals surface area contributed by atoms with Crippen LogP contribution in [-0.2, 0) is 17.6 Å². The second-order valence-electron chi connectivity index (χ2n) is 7.08. The first-order chi connectivity index (χ1) is 13.0. The molecular formula is C22H27NO4. The Morgan fingerprint density at radius 3 is 2.74 bits per heavy atom. The second-order valence-corrected chi connectivity index (χ2v) is 7.08. The summed E-state index contributed by atoms with van der Waals surface area (Å²) >= 11 is 0. The number of aliphatic carboxylic acids is 1. The molecule has 1 aliphatic carbocycles. The van der Waals surface area contributed by atoms with Crippen LogP contribution < -0.4 is 15.2 Å². The van der Waals surface area contributed by atoms with Crippen molar-refractivity contribution in [3.05, 3.63) is 58.7 Å². The van der Waals surface area contributed by atoms with Crippen LogP contribution in [0.2, 0.25) is 0 Å². The van der Waals surface area contributed by atoms with Crippen LogP contribution in [0.15, 0.2) is 36.4 Å². The summed E-state index contributed by atoms with van der Waals surface area (Å²) in [6.45, 7) is 2.68. The van der Waals surface area contributed by atoms with Crippen LogP contribution in [-0.4, -0.2) is 24.8 Å². The maximum Gasteiger partial charge on any atom is 0.303 e. The number of para-hydroxylation sites is 1. The van der Waals surface area contributed by atoms with Gasteiger partial charge in [-0.3, -0.25) is 4.79 Å². The first-order valence-corrected chi connectivity index (χ1v) is 9.39. The molecule has 2 atom stereocenters. The van der Waals surface area contributed by atoms with Crippen molar-refractivity contribution >= 4 is 5.97 Å². The number of carbonyl (C=O) groups is 1. The molecule has 0 fully saturated rings. The molecule has 0 saturated heterocycles. The van der Waals surface area contributed by atoms with Gasteiger partial charge in [0.15, 0.2) is 0 Å². The smallest absolute Gasteiger partial charge is 0.303 e. The molecule has 4 rings (SSSR count). The number of aryl methyl sites for hydroxylation is 1. The lowest BCUT2D eigenvalue weighted by Gasteiger charge is -2.12. The molecule has 0 amide bonds. The van der Waals surface area contributed by atoms with Gasteiger partial charge < -0.3 is 20.3 Å². The molecular weight excluding hydrogens is 342 g/mol. The highest BCUT2D eigenvalue weighted by Crippen LogP contribution is 2.43. The molecule has 0 radical (unpaired) electrons. The van der Waals surface area contributed by atoms with Crippen molar-refractivity contribution in [2.45, 2.75) is 44.6 Å². The lowest BCUT2D eigenvalue weighted by atomic mass is 9.92. The van der Waals surface area contributed by atoms with E-state index in [0.29, 0.717) is 0 Å². The molecule has 144 valence electrons. The Kier molecular flexibility index (Phi) is 6.01. The Morgan fingerprint density at radius 2 is 2.07 bits per heavy atom. The average molecular weight is 369 g/mol. The molecule has 0 bridgehead atoms. The summed E-state index contributed by atoms with van der Waals surface area (Å²) in [6, 6.07) is 11.9. The van der Waals surface area contributed by atoms with E-state index in [2.05, 4.69) is 6.07 Å². The van der Waals surface area contributed by atoms with Crippen molar-refractivity contribution in [2.24, 2.45) is 5.73 Å². The summed E-state index contributed by atoms with van der Waals surface area (Å²) in [4.78, 5) is 10.8. The van der Waals surface area contributed by atoms with Crippen molar-refractivity contribution in [1.29, 1.82) is 0 Å². The largest absolute Gasteiger partial charge is 0.496 e. The SMILES string of the molecule is COc1ccccc1[C@@H](C)N.O=C(O)C[C@@H]1CCc2ccc3c(c21)CCO3. The molecule has 0 saturated carbocycles. The number of carboxylic acids is 1. The van der Waals surface area contributed by atoms with Gasteiger partial charge in [-0.15, -0.1) is 0 Å². The summed E-state index contributed by atoms with van der Waals surface area (Å²) < 4.78 is 10.7. The summed E-state index contributed by atoms with van der Waals surface area (Å²) in [7, 11) is 1.65. The lowest BCUT2D eigenvalue weighted by Crippen LogP contribution is -2.06. The maximum absolute atomic E-state index is 10.8. The lowest BCUT2D eigenvalue weighted by molar-refractivity contribution is -0.137. The van der Waals surface area contributed by atoms with Crippen molar-refractivity contribution in [3.8, 4) is 11.5 Å². The van der Waals surface area contributed by atoms with Gasteiger partial charge in [-0.05, 0) is 48.9 Å². The second kappa shape index (κ2) is 8.44. The van der Waals surface area contributed by atoms with Gasteiger partial charge in [0.05, 0.1) is 20.1 Å². The van der Waals surface area contributed by atoms with Crippen LogP contribution in [0.3, 0.4) is 0 Å². The van der Waals surface area contributed by atoms with Gasteiger partial charge in [-0.1, -0.05) is 24.3 Å². The van der Waals surface area contributed by atoms with Crippen molar-refractivity contribution in [1.82, 2.24) is 0 Å². The predicted molar refractivity (Wildman–Crippen MR) is 105 cm³/mol. The summed E-state index contributed by atoms with van der Waals surface area (Å²) in [5.74, 6) is 1.33. The molecule has 1 aliphatic heterocycles. The van der Waals surface area contributed by atoms with Gasteiger partial charge in [0, 0.05) is 23.6 Å². The Hall–Kier alpha value is -2.53. The molecule has 5 nitrogen and oxygen atoms in total. The third-order valence-corrected chi connectivity index (χ3v) is 5.23. The van der Waals surface area contributed by atoms with E-state index in [1.807, 2.05) is 37.3 Å². The summed E-state index contributed by atoms with van der Waals surface area (Å²) in [5, 5.41) is 8.92. The average Bonchev–Trinajstić information content (AvgIpc) is 3.28. The van der Waals surface area contributed by atoms with E-state index in [1.54, 1.807) is 7.11 Å². The molecule has 5 heteroatoms. The highest BCUT2D eigenvalue weighted by atomic mass is 16.5. The van der Waals surface area contributed by atoms with Crippen molar-refractivity contribution < 1.29 is 19.4 Å². The zero-order valence-corrected chi connectivity index (χ0v) is 15.9. The maximum atomic E-state index is 10.8. The molecule has 3 N–H and O–H groups in total. The number of benzene rings is 2. The minimum atomic E-state index is -0.700. The molecule has 0 aromatic heterocycles. The fourth-order valence-electron chi connectivity index (χ4n) is 4.01. The number of hydrogen-bond acceptors (Lipinski definition) is 4. The van der Waals surface area contributed by atoms with E-state index in [9.17, 15) is 4.79 Å². The van der Waals surface area contributed by atoms with Crippen LogP contribution >= 0.6 is 0 Å². The Balaban J connectivity index is 0.000000168. The number of carboxylic acid groups (broad SMARTS) is 1. The predicted octanol–water partition coefficient (Wildman–Crippen LogP) is 3.84. The third kappa shape index (κ3) is 4.25. The number of nitrogens with two attached hydrogens (primary N) is 1. The molecule has 2 aliphatic rings. The molecule has 1 heterocycles. The minimum absolute atomic E-state index is 0.0335. The summed E-state index contributed by atoms with van der Waals surface area (Å²) in [6.07, 6.45) is 3.18. The Labute approximate surface area is 160 Å². The molecule has 27 heavy (non-hydrogen) atoms. The Morgan fingerprint density at radius 1 is 1.30 bits per heavy atom. The van der Waals surface area contributed by atoms with E-state index in [4.69, 9.17) is 20.3 Å².